The molecule has 1 aliphatic rings. The lowest BCUT2D eigenvalue weighted by Gasteiger charge is -2.46. The van der Waals surface area contributed by atoms with Gasteiger partial charge >= 0.3 is 0 Å². The first-order valence-electron chi connectivity index (χ1n) is 14.0. The highest BCUT2D eigenvalue weighted by atomic mass is 16.3. The minimum Gasteiger partial charge on any atom is -0.508 e. The minimum atomic E-state index is -0.248. The van der Waals surface area contributed by atoms with Gasteiger partial charge in [0.2, 0.25) is 0 Å². The maximum absolute atomic E-state index is 10.1. The Bertz CT molecular complexity index is 1220. The summed E-state index contributed by atoms with van der Waals surface area (Å²) in [6.45, 7) is 8.97. The molecule has 0 aromatic heterocycles. The lowest BCUT2D eigenvalue weighted by molar-refractivity contribution is 0.277. The summed E-state index contributed by atoms with van der Waals surface area (Å²) in [6.07, 6.45) is 3.05. The van der Waals surface area contributed by atoms with Gasteiger partial charge in [-0.25, -0.2) is 0 Å². The normalized spacial score (nSPS) is 19.1. The van der Waals surface area contributed by atoms with Crippen LogP contribution in [-0.4, -0.2) is 10.2 Å². The van der Waals surface area contributed by atoms with Crippen molar-refractivity contribution in [2.24, 2.45) is 0 Å². The minimum absolute atomic E-state index is 0.248. The SMILES string of the molecule is CC(C)c1ccc(C2CC(c3ccc(C(C)C)cc3)CC(c3ccc(O)cc3)(c3ccc(O)cc3)C2)cc1. The van der Waals surface area contributed by atoms with Crippen molar-refractivity contribution in [3.05, 3.63) is 130 Å². The molecule has 0 saturated heterocycles. The first-order valence-corrected chi connectivity index (χ1v) is 14.0. The molecular formula is C36H40O2. The summed E-state index contributed by atoms with van der Waals surface area (Å²) in [7, 11) is 0. The molecule has 1 aliphatic carbocycles. The van der Waals surface area contributed by atoms with Crippen LogP contribution in [0.2, 0.25) is 0 Å². The van der Waals surface area contributed by atoms with E-state index in [0.29, 0.717) is 23.7 Å². The summed E-state index contributed by atoms with van der Waals surface area (Å²) in [5.74, 6) is 2.34. The molecule has 1 fully saturated rings. The van der Waals surface area contributed by atoms with Crippen LogP contribution in [0.4, 0.5) is 0 Å². The smallest absolute Gasteiger partial charge is 0.115 e. The summed E-state index contributed by atoms with van der Waals surface area (Å²) < 4.78 is 0. The molecule has 2 N–H and O–H groups in total. The third-order valence-electron chi connectivity index (χ3n) is 8.75. The monoisotopic (exact) mass is 504 g/mol. The molecule has 0 spiro atoms. The lowest BCUT2D eigenvalue weighted by Crippen LogP contribution is -2.37. The second-order valence-electron chi connectivity index (χ2n) is 11.9. The van der Waals surface area contributed by atoms with Gasteiger partial charge in [0, 0.05) is 5.41 Å². The predicted octanol–water partition coefficient (Wildman–Crippen LogP) is 9.38. The van der Waals surface area contributed by atoms with Crippen LogP contribution in [0.5, 0.6) is 11.5 Å². The second-order valence-corrected chi connectivity index (χ2v) is 11.9. The zero-order valence-corrected chi connectivity index (χ0v) is 23.1. The second kappa shape index (κ2) is 10.7. The van der Waals surface area contributed by atoms with E-state index in [0.717, 1.165) is 19.3 Å². The van der Waals surface area contributed by atoms with E-state index in [1.165, 1.54) is 33.4 Å². The zero-order valence-electron chi connectivity index (χ0n) is 23.1. The van der Waals surface area contributed by atoms with Crippen molar-refractivity contribution in [1.29, 1.82) is 0 Å². The largest absolute Gasteiger partial charge is 0.508 e. The number of benzene rings is 4. The maximum atomic E-state index is 10.1. The summed E-state index contributed by atoms with van der Waals surface area (Å²) in [5, 5.41) is 20.2. The Balaban J connectivity index is 1.64. The number of phenolic OH excluding ortho intramolecular Hbond substituents is 2. The van der Waals surface area contributed by atoms with Crippen molar-refractivity contribution >= 4 is 0 Å². The van der Waals surface area contributed by atoms with Crippen molar-refractivity contribution in [3.8, 4) is 11.5 Å². The molecule has 2 atom stereocenters. The maximum Gasteiger partial charge on any atom is 0.115 e. The van der Waals surface area contributed by atoms with Gasteiger partial charge in [-0.05, 0) is 101 Å². The summed E-state index contributed by atoms with van der Waals surface area (Å²) in [4.78, 5) is 0. The molecule has 4 aromatic rings. The van der Waals surface area contributed by atoms with E-state index < -0.39 is 0 Å². The van der Waals surface area contributed by atoms with Crippen molar-refractivity contribution in [2.45, 2.75) is 76.0 Å². The standard InChI is InChI=1S/C36H40O2/c1-24(2)26-5-9-28(10-6-26)30-21-31(29-11-7-27(8-12-29)25(3)4)23-36(22-30,32-13-17-34(37)18-14-32)33-15-19-35(38)20-16-33/h5-20,24-25,30-31,37-38H,21-23H2,1-4H3. The first kappa shape index (κ1) is 26.1. The Kier molecular flexibility index (Phi) is 7.34. The molecule has 0 bridgehead atoms. The molecule has 0 aliphatic heterocycles. The van der Waals surface area contributed by atoms with E-state index in [4.69, 9.17) is 0 Å². The molecule has 2 nitrogen and oxygen atoms in total. The van der Waals surface area contributed by atoms with E-state index in [9.17, 15) is 10.2 Å². The third kappa shape index (κ3) is 5.23. The van der Waals surface area contributed by atoms with Crippen LogP contribution in [-0.2, 0) is 5.41 Å². The molecule has 38 heavy (non-hydrogen) atoms. The molecule has 0 amide bonds. The molecule has 0 radical (unpaired) electrons. The number of aromatic hydroxyl groups is 2. The van der Waals surface area contributed by atoms with Crippen LogP contribution >= 0.6 is 0 Å². The predicted molar refractivity (Wildman–Crippen MR) is 157 cm³/mol. The van der Waals surface area contributed by atoms with Crippen LogP contribution in [0.15, 0.2) is 97.1 Å². The topological polar surface area (TPSA) is 40.5 Å². The Hall–Kier alpha value is -3.52. The average molecular weight is 505 g/mol. The van der Waals surface area contributed by atoms with Gasteiger partial charge in [-0.15, -0.1) is 0 Å². The number of phenols is 2. The number of rotatable bonds is 6. The fourth-order valence-corrected chi connectivity index (χ4v) is 6.45. The van der Waals surface area contributed by atoms with E-state index >= 15 is 0 Å². The van der Waals surface area contributed by atoms with Gasteiger partial charge in [-0.2, -0.15) is 0 Å². The first-order chi connectivity index (χ1) is 18.2. The van der Waals surface area contributed by atoms with Crippen molar-refractivity contribution < 1.29 is 10.2 Å². The molecular weight excluding hydrogens is 464 g/mol. The lowest BCUT2D eigenvalue weighted by atomic mass is 9.57. The number of hydrogen-bond donors (Lipinski definition) is 2. The van der Waals surface area contributed by atoms with Crippen molar-refractivity contribution in [2.75, 3.05) is 0 Å². The fraction of sp³-hybridized carbons (Fsp3) is 0.333. The summed E-state index contributed by atoms with van der Waals surface area (Å²) in [6, 6.07) is 34.1. The summed E-state index contributed by atoms with van der Waals surface area (Å²) >= 11 is 0. The van der Waals surface area contributed by atoms with Crippen molar-refractivity contribution in [1.82, 2.24) is 0 Å². The fourth-order valence-electron chi connectivity index (χ4n) is 6.45. The van der Waals surface area contributed by atoms with Gasteiger partial charge in [0.25, 0.3) is 0 Å². The van der Waals surface area contributed by atoms with Crippen LogP contribution in [0.3, 0.4) is 0 Å². The highest BCUT2D eigenvalue weighted by Crippen LogP contribution is 2.55. The van der Waals surface area contributed by atoms with Gasteiger partial charge < -0.3 is 10.2 Å². The van der Waals surface area contributed by atoms with Gasteiger partial charge in [0.05, 0.1) is 0 Å². The Morgan fingerprint density at radius 2 is 0.868 bits per heavy atom. The molecule has 196 valence electrons. The quantitative estimate of drug-likeness (QED) is 0.274. The molecule has 2 heteroatoms. The third-order valence-corrected chi connectivity index (χ3v) is 8.75. The van der Waals surface area contributed by atoms with Crippen LogP contribution in [0.25, 0.3) is 0 Å². The van der Waals surface area contributed by atoms with Crippen LogP contribution < -0.4 is 0 Å². The molecule has 1 saturated carbocycles. The Labute approximate surface area is 228 Å². The molecule has 4 aromatic carbocycles. The van der Waals surface area contributed by atoms with Gasteiger partial charge in [0.15, 0.2) is 0 Å². The van der Waals surface area contributed by atoms with E-state index in [1.807, 2.05) is 24.3 Å². The van der Waals surface area contributed by atoms with Crippen LogP contribution in [0, 0.1) is 0 Å². The molecule has 5 rings (SSSR count). The van der Waals surface area contributed by atoms with Gasteiger partial charge in [0.1, 0.15) is 11.5 Å². The molecule has 0 heterocycles. The van der Waals surface area contributed by atoms with Gasteiger partial charge in [-0.3, -0.25) is 0 Å². The van der Waals surface area contributed by atoms with Gasteiger partial charge in [-0.1, -0.05) is 100 Å². The average Bonchev–Trinajstić information content (AvgIpc) is 2.93. The number of hydrogen-bond acceptors (Lipinski definition) is 2. The van der Waals surface area contributed by atoms with E-state index in [1.54, 1.807) is 0 Å². The Morgan fingerprint density at radius 1 is 0.526 bits per heavy atom. The van der Waals surface area contributed by atoms with Crippen LogP contribution in [0.1, 0.15) is 104 Å². The summed E-state index contributed by atoms with van der Waals surface area (Å²) in [5.41, 5.74) is 7.70. The zero-order chi connectivity index (χ0) is 26.9. The molecule has 2 unspecified atom stereocenters. The van der Waals surface area contributed by atoms with E-state index in [2.05, 4.69) is 100 Å². The van der Waals surface area contributed by atoms with E-state index in [-0.39, 0.29) is 16.9 Å². The highest BCUT2D eigenvalue weighted by Gasteiger charge is 2.44. The Morgan fingerprint density at radius 3 is 1.18 bits per heavy atom. The van der Waals surface area contributed by atoms with Crippen molar-refractivity contribution in [3.63, 3.8) is 0 Å². The highest BCUT2D eigenvalue weighted by molar-refractivity contribution is 5.46.